The van der Waals surface area contributed by atoms with E-state index >= 15 is 0 Å². The van der Waals surface area contributed by atoms with Crippen molar-refractivity contribution in [1.82, 2.24) is 35.5 Å². The lowest BCUT2D eigenvalue weighted by Crippen LogP contribution is -2.47. The summed E-state index contributed by atoms with van der Waals surface area (Å²) in [5.74, 6) is -2.71. The van der Waals surface area contributed by atoms with Crippen molar-refractivity contribution in [3.05, 3.63) is 30.1 Å². The van der Waals surface area contributed by atoms with Crippen LogP contribution < -0.4 is 16.1 Å². The molecule has 2 aromatic heterocycles. The average Bonchev–Trinajstić information content (AvgIpc) is 3.40. The van der Waals surface area contributed by atoms with E-state index in [1.807, 2.05) is 41.9 Å². The highest BCUT2D eigenvalue weighted by Crippen LogP contribution is 2.19. The van der Waals surface area contributed by atoms with E-state index in [9.17, 15) is 24.0 Å². The van der Waals surface area contributed by atoms with Crippen LogP contribution in [0.4, 0.5) is 0 Å². The third kappa shape index (κ3) is 13.6. The van der Waals surface area contributed by atoms with Crippen LogP contribution in [0.3, 0.4) is 0 Å². The lowest BCUT2D eigenvalue weighted by Gasteiger charge is -2.23. The number of rotatable bonds is 23. The van der Waals surface area contributed by atoms with Crippen molar-refractivity contribution < 1.29 is 43.3 Å². The Kier molecular flexibility index (Phi) is 17.4. The van der Waals surface area contributed by atoms with Crippen LogP contribution in [0.25, 0.3) is 11.0 Å². The SMILES string of the molecule is CCOC(=O)C(C)N(C)C(=O)CCOCCOCCNC(=O)C(CCC(=O)O)NC(=O)CCn1c(CN(C)NC)cc2cccnc21. The predicted octanol–water partition coefficient (Wildman–Crippen LogP) is 0.292. The number of pyridine rings is 1. The summed E-state index contributed by atoms with van der Waals surface area (Å²) < 4.78 is 17.8. The Labute approximate surface area is 275 Å². The number of nitrogens with zero attached hydrogens (tertiary/aromatic N) is 4. The second-order valence-electron chi connectivity index (χ2n) is 10.8. The van der Waals surface area contributed by atoms with Gasteiger partial charge in [0.25, 0.3) is 0 Å². The van der Waals surface area contributed by atoms with Gasteiger partial charge in [-0.3, -0.25) is 24.6 Å². The molecule has 0 aliphatic carbocycles. The van der Waals surface area contributed by atoms with Gasteiger partial charge in [-0.25, -0.2) is 14.8 Å². The predicted molar refractivity (Wildman–Crippen MR) is 172 cm³/mol. The Bertz CT molecular complexity index is 1320. The minimum Gasteiger partial charge on any atom is -0.481 e. The van der Waals surface area contributed by atoms with E-state index in [1.165, 1.54) is 11.9 Å². The van der Waals surface area contributed by atoms with Gasteiger partial charge in [-0.1, -0.05) is 0 Å². The molecule has 0 saturated carbocycles. The van der Waals surface area contributed by atoms with Crippen LogP contribution >= 0.6 is 0 Å². The van der Waals surface area contributed by atoms with Crippen LogP contribution in [0.5, 0.6) is 0 Å². The van der Waals surface area contributed by atoms with Gasteiger partial charge in [0.05, 0.1) is 46.0 Å². The first-order chi connectivity index (χ1) is 22.5. The highest BCUT2D eigenvalue weighted by molar-refractivity contribution is 5.88. The van der Waals surface area contributed by atoms with E-state index < -0.39 is 35.8 Å². The van der Waals surface area contributed by atoms with Gasteiger partial charge in [0.15, 0.2) is 0 Å². The number of aromatic nitrogens is 2. The Balaban J connectivity index is 1.75. The molecule has 47 heavy (non-hydrogen) atoms. The minimum atomic E-state index is -1.08. The molecule has 2 atom stereocenters. The van der Waals surface area contributed by atoms with E-state index in [0.717, 1.165) is 16.7 Å². The molecule has 0 aromatic carbocycles. The molecular formula is C31H49N7O9. The molecule has 2 unspecified atom stereocenters. The molecule has 16 nitrogen and oxygen atoms in total. The normalized spacial score (nSPS) is 12.5. The highest BCUT2D eigenvalue weighted by Gasteiger charge is 2.24. The maximum absolute atomic E-state index is 12.9. The van der Waals surface area contributed by atoms with Crippen LogP contribution in [0.15, 0.2) is 24.4 Å². The molecule has 0 fully saturated rings. The molecule has 2 heterocycles. The maximum atomic E-state index is 12.9. The molecule has 16 heteroatoms. The number of fused-ring (bicyclic) bond motifs is 1. The van der Waals surface area contributed by atoms with Crippen molar-refractivity contribution >= 4 is 40.7 Å². The summed E-state index contributed by atoms with van der Waals surface area (Å²) in [5.41, 5.74) is 4.75. The Morgan fingerprint density at radius 1 is 1.04 bits per heavy atom. The van der Waals surface area contributed by atoms with Gasteiger partial charge >= 0.3 is 11.9 Å². The van der Waals surface area contributed by atoms with Crippen LogP contribution in [0.2, 0.25) is 0 Å². The molecule has 0 radical (unpaired) electrons. The van der Waals surface area contributed by atoms with Gasteiger partial charge in [-0.2, -0.15) is 0 Å². The lowest BCUT2D eigenvalue weighted by atomic mass is 10.1. The van der Waals surface area contributed by atoms with Crippen molar-refractivity contribution in [2.24, 2.45) is 0 Å². The quantitative estimate of drug-likeness (QED) is 0.0723. The Morgan fingerprint density at radius 2 is 1.77 bits per heavy atom. The number of nitrogens with one attached hydrogen (secondary N) is 3. The summed E-state index contributed by atoms with van der Waals surface area (Å²) in [5, 5.41) is 17.3. The number of hydrogen-bond donors (Lipinski definition) is 4. The largest absolute Gasteiger partial charge is 0.481 e. The molecule has 2 aromatic rings. The van der Waals surface area contributed by atoms with Gasteiger partial charge < -0.3 is 39.4 Å². The third-order valence-electron chi connectivity index (χ3n) is 7.36. The molecule has 0 saturated heterocycles. The van der Waals surface area contributed by atoms with Crippen molar-refractivity contribution in [2.75, 3.05) is 60.7 Å². The molecule has 0 aliphatic heterocycles. The van der Waals surface area contributed by atoms with Crippen LogP contribution in [-0.2, 0) is 51.3 Å². The van der Waals surface area contributed by atoms with E-state index in [4.69, 9.17) is 19.3 Å². The number of likely N-dealkylation sites (N-methyl/N-ethyl adjacent to an activating group) is 1. The van der Waals surface area contributed by atoms with Crippen molar-refractivity contribution in [1.29, 1.82) is 0 Å². The maximum Gasteiger partial charge on any atom is 0.328 e. The number of hydrazine groups is 1. The Hall–Kier alpha value is -4.12. The highest BCUT2D eigenvalue weighted by atomic mass is 16.5. The van der Waals surface area contributed by atoms with Crippen molar-refractivity contribution in [3.63, 3.8) is 0 Å². The summed E-state index contributed by atoms with van der Waals surface area (Å²) in [6.45, 7) is 5.30. The molecule has 262 valence electrons. The summed E-state index contributed by atoms with van der Waals surface area (Å²) >= 11 is 0. The summed E-state index contributed by atoms with van der Waals surface area (Å²) in [4.78, 5) is 66.7. The van der Waals surface area contributed by atoms with E-state index in [-0.39, 0.29) is 71.2 Å². The Morgan fingerprint density at radius 3 is 2.45 bits per heavy atom. The van der Waals surface area contributed by atoms with Gasteiger partial charge in [0.2, 0.25) is 17.7 Å². The second kappa shape index (κ2) is 20.9. The average molecular weight is 664 g/mol. The topological polar surface area (TPSA) is 194 Å². The first-order valence-electron chi connectivity index (χ1n) is 15.7. The zero-order chi connectivity index (χ0) is 34.8. The molecule has 0 bridgehead atoms. The number of carbonyl (C=O) groups is 5. The number of hydrogen-bond acceptors (Lipinski definition) is 11. The molecule has 0 aliphatic rings. The van der Waals surface area contributed by atoms with E-state index in [0.29, 0.717) is 13.1 Å². The van der Waals surface area contributed by atoms with E-state index in [1.54, 1.807) is 20.0 Å². The third-order valence-corrected chi connectivity index (χ3v) is 7.36. The van der Waals surface area contributed by atoms with Crippen molar-refractivity contribution in [3.8, 4) is 0 Å². The summed E-state index contributed by atoms with van der Waals surface area (Å²) in [7, 11) is 5.24. The van der Waals surface area contributed by atoms with Gasteiger partial charge in [-0.15, -0.1) is 0 Å². The molecule has 4 N–H and O–H groups in total. The number of amides is 3. The number of esters is 1. The standard InChI is InChI=1S/C31H49N7O9/c1-6-47-31(44)22(2)37(5)27(40)12-16-45-18-19-46-17-14-34-30(43)25(9-10-28(41)42)35-26(39)11-15-38-24(21-36(4)32-3)20-23-8-7-13-33-29(23)38/h7-8,13,20,22,25,32H,6,9-12,14-19,21H2,1-5H3,(H,34,43)(H,35,39)(H,41,42). The second-order valence-corrected chi connectivity index (χ2v) is 10.8. The number of carboxylic acid groups (broad SMARTS) is 1. The lowest BCUT2D eigenvalue weighted by molar-refractivity contribution is -0.153. The first-order valence-corrected chi connectivity index (χ1v) is 15.7. The number of carbonyl (C=O) groups excluding carboxylic acids is 4. The number of aliphatic carboxylic acids is 1. The van der Waals surface area contributed by atoms with Gasteiger partial charge in [0, 0.05) is 57.3 Å². The van der Waals surface area contributed by atoms with Crippen LogP contribution in [-0.4, -0.2) is 127 Å². The summed E-state index contributed by atoms with van der Waals surface area (Å²) in [6.07, 6.45) is 1.48. The van der Waals surface area contributed by atoms with E-state index in [2.05, 4.69) is 21.0 Å². The van der Waals surface area contributed by atoms with Gasteiger partial charge in [-0.05, 0) is 45.5 Å². The fourth-order valence-corrected chi connectivity index (χ4v) is 4.52. The summed E-state index contributed by atoms with van der Waals surface area (Å²) in [6, 6.07) is 4.09. The van der Waals surface area contributed by atoms with Crippen molar-refractivity contribution in [2.45, 2.75) is 64.7 Å². The molecular weight excluding hydrogens is 614 g/mol. The van der Waals surface area contributed by atoms with Crippen LogP contribution in [0, 0.1) is 0 Å². The minimum absolute atomic E-state index is 0.0584. The smallest absolute Gasteiger partial charge is 0.328 e. The van der Waals surface area contributed by atoms with Gasteiger partial charge in [0.1, 0.15) is 17.7 Å². The fraction of sp³-hybridized carbons (Fsp3) is 0.613. The number of aryl methyl sites for hydroxylation is 1. The zero-order valence-corrected chi connectivity index (χ0v) is 28.0. The zero-order valence-electron chi connectivity index (χ0n) is 28.0. The van der Waals surface area contributed by atoms with Crippen LogP contribution in [0.1, 0.15) is 45.2 Å². The number of carboxylic acids is 1. The molecule has 0 spiro atoms. The first kappa shape index (κ1) is 39.1. The number of ether oxygens (including phenoxy) is 3. The fourth-order valence-electron chi connectivity index (χ4n) is 4.52. The monoisotopic (exact) mass is 663 g/mol. The molecule has 3 amide bonds. The molecule has 2 rings (SSSR count).